The maximum atomic E-state index is 11.6. The van der Waals surface area contributed by atoms with Crippen molar-refractivity contribution in [3.63, 3.8) is 0 Å². The molecule has 1 N–H and O–H groups in total. The van der Waals surface area contributed by atoms with E-state index in [1.807, 2.05) is 6.07 Å². The Labute approximate surface area is 84.7 Å². The van der Waals surface area contributed by atoms with Gasteiger partial charge in [-0.25, -0.2) is 0 Å². The van der Waals surface area contributed by atoms with Crippen LogP contribution in [-0.4, -0.2) is 10.8 Å². The Hall–Kier alpha value is -1.05. The third-order valence-electron chi connectivity index (χ3n) is 2.84. The molecule has 2 heteroatoms. The lowest BCUT2D eigenvalue weighted by Crippen LogP contribution is -2.11. The number of hydrogen-bond donors (Lipinski definition) is 1. The van der Waals surface area contributed by atoms with Crippen molar-refractivity contribution in [1.82, 2.24) is 4.98 Å². The van der Waals surface area contributed by atoms with Gasteiger partial charge in [-0.2, -0.15) is 0 Å². The van der Waals surface area contributed by atoms with Crippen LogP contribution < -0.4 is 0 Å². The van der Waals surface area contributed by atoms with Crippen LogP contribution in [-0.2, 0) is 11.8 Å². The predicted octanol–water partition coefficient (Wildman–Crippen LogP) is 2.83. The number of aromatic nitrogens is 1. The van der Waals surface area contributed by atoms with Crippen molar-refractivity contribution < 1.29 is 4.79 Å². The van der Waals surface area contributed by atoms with Gasteiger partial charge in [-0.05, 0) is 18.9 Å². The lowest BCUT2D eigenvalue weighted by molar-refractivity contribution is 0.0972. The fourth-order valence-corrected chi connectivity index (χ4v) is 1.91. The number of carbonyl (C=O) groups is 1. The molecule has 1 aliphatic carbocycles. The summed E-state index contributed by atoms with van der Waals surface area (Å²) in [6.07, 6.45) is 2.74. The van der Waals surface area contributed by atoms with Crippen molar-refractivity contribution in [2.45, 2.75) is 45.4 Å². The number of nitrogens with one attached hydrogen (secondary N) is 1. The van der Waals surface area contributed by atoms with Crippen LogP contribution in [0, 0.1) is 0 Å². The zero-order valence-corrected chi connectivity index (χ0v) is 9.11. The molecule has 1 aliphatic rings. The lowest BCUT2D eigenvalue weighted by Gasteiger charge is -2.15. The summed E-state index contributed by atoms with van der Waals surface area (Å²) < 4.78 is 0. The zero-order valence-electron chi connectivity index (χ0n) is 9.11. The minimum Gasteiger partial charge on any atom is -0.361 e. The molecule has 1 aromatic heterocycles. The molecule has 2 rings (SSSR count). The van der Waals surface area contributed by atoms with Crippen LogP contribution in [0.4, 0.5) is 0 Å². The highest BCUT2D eigenvalue weighted by Gasteiger charge is 2.24. The molecule has 0 aliphatic heterocycles. The number of hydrogen-bond acceptors (Lipinski definition) is 1. The van der Waals surface area contributed by atoms with Gasteiger partial charge in [-0.15, -0.1) is 0 Å². The fraction of sp³-hybridized carbons (Fsp3) is 0.583. The Morgan fingerprint density at radius 2 is 2.00 bits per heavy atom. The molecule has 1 heterocycles. The first-order chi connectivity index (χ1) is 6.48. The second-order valence-electron chi connectivity index (χ2n) is 5.10. The van der Waals surface area contributed by atoms with Crippen LogP contribution in [0.1, 0.15) is 55.4 Å². The molecular formula is C12H17NO. The topological polar surface area (TPSA) is 32.9 Å². The minimum absolute atomic E-state index is 0.109. The van der Waals surface area contributed by atoms with Gasteiger partial charge in [0.2, 0.25) is 0 Å². The molecule has 14 heavy (non-hydrogen) atoms. The first-order valence-electron chi connectivity index (χ1n) is 5.24. The number of fused-ring (bicyclic) bond motifs is 1. The average molecular weight is 191 g/mol. The summed E-state index contributed by atoms with van der Waals surface area (Å²) in [5.41, 5.74) is 3.36. The highest BCUT2D eigenvalue weighted by atomic mass is 16.1. The van der Waals surface area contributed by atoms with E-state index in [1.165, 1.54) is 5.69 Å². The quantitative estimate of drug-likeness (QED) is 0.672. The fourth-order valence-electron chi connectivity index (χ4n) is 1.91. The average Bonchev–Trinajstić information content (AvgIpc) is 2.48. The van der Waals surface area contributed by atoms with Crippen molar-refractivity contribution in [2.24, 2.45) is 0 Å². The van der Waals surface area contributed by atoms with Gasteiger partial charge in [0, 0.05) is 28.8 Å². The summed E-state index contributed by atoms with van der Waals surface area (Å²) in [4.78, 5) is 15.0. The van der Waals surface area contributed by atoms with Gasteiger partial charge >= 0.3 is 0 Å². The molecule has 0 unspecified atom stereocenters. The van der Waals surface area contributed by atoms with Crippen molar-refractivity contribution in [2.75, 3.05) is 0 Å². The molecule has 0 fully saturated rings. The molecule has 0 saturated carbocycles. The van der Waals surface area contributed by atoms with Crippen LogP contribution >= 0.6 is 0 Å². The van der Waals surface area contributed by atoms with E-state index in [-0.39, 0.29) is 5.41 Å². The van der Waals surface area contributed by atoms with Crippen molar-refractivity contribution in [3.8, 4) is 0 Å². The normalized spacial score (nSPS) is 16.9. The molecule has 1 aromatic rings. The standard InChI is InChI=1S/C12H17NO/c1-12(2,3)11-7-8-9(13-11)5-4-6-10(8)14/h7,13H,4-6H2,1-3H3. The highest BCUT2D eigenvalue weighted by Crippen LogP contribution is 2.28. The second-order valence-corrected chi connectivity index (χ2v) is 5.10. The summed E-state index contributed by atoms with van der Waals surface area (Å²) >= 11 is 0. The summed E-state index contributed by atoms with van der Waals surface area (Å²) in [5.74, 6) is 0.304. The molecule has 0 radical (unpaired) electrons. The number of rotatable bonds is 0. The van der Waals surface area contributed by atoms with Gasteiger partial charge in [-0.1, -0.05) is 20.8 Å². The summed E-state index contributed by atoms with van der Waals surface area (Å²) in [5, 5.41) is 0. The zero-order chi connectivity index (χ0) is 10.3. The maximum absolute atomic E-state index is 11.6. The van der Waals surface area contributed by atoms with E-state index in [1.54, 1.807) is 0 Å². The molecular weight excluding hydrogens is 174 g/mol. The third kappa shape index (κ3) is 1.49. The van der Waals surface area contributed by atoms with Crippen LogP contribution in [0.3, 0.4) is 0 Å². The number of aromatic amines is 1. The van der Waals surface area contributed by atoms with Gasteiger partial charge < -0.3 is 4.98 Å². The van der Waals surface area contributed by atoms with Gasteiger partial charge in [0.05, 0.1) is 0 Å². The highest BCUT2D eigenvalue weighted by molar-refractivity contribution is 5.98. The van der Waals surface area contributed by atoms with Crippen LogP contribution in [0.2, 0.25) is 0 Å². The van der Waals surface area contributed by atoms with Gasteiger partial charge in [0.25, 0.3) is 0 Å². The number of Topliss-reactive ketones (excluding diaryl/α,β-unsaturated/α-hetero) is 1. The molecule has 2 nitrogen and oxygen atoms in total. The number of carbonyl (C=O) groups excluding carboxylic acids is 1. The van der Waals surface area contributed by atoms with Crippen molar-refractivity contribution in [3.05, 3.63) is 23.0 Å². The Kier molecular flexibility index (Phi) is 2.02. The Morgan fingerprint density at radius 3 is 2.57 bits per heavy atom. The summed E-state index contributed by atoms with van der Waals surface area (Å²) in [6.45, 7) is 6.48. The SMILES string of the molecule is CC(C)(C)c1cc2c([nH]1)CCCC2=O. The number of ketones is 1. The predicted molar refractivity (Wildman–Crippen MR) is 56.8 cm³/mol. The molecule has 0 bridgehead atoms. The Bertz CT molecular complexity index is 368. The Morgan fingerprint density at radius 1 is 1.29 bits per heavy atom. The molecule has 76 valence electrons. The first-order valence-corrected chi connectivity index (χ1v) is 5.24. The smallest absolute Gasteiger partial charge is 0.164 e. The first kappa shape index (κ1) is 9.50. The van der Waals surface area contributed by atoms with E-state index in [9.17, 15) is 4.79 Å². The molecule has 0 amide bonds. The van der Waals surface area contributed by atoms with E-state index >= 15 is 0 Å². The van der Waals surface area contributed by atoms with E-state index in [0.717, 1.165) is 24.1 Å². The monoisotopic (exact) mass is 191 g/mol. The third-order valence-corrected chi connectivity index (χ3v) is 2.84. The summed E-state index contributed by atoms with van der Waals surface area (Å²) in [6, 6.07) is 2.04. The van der Waals surface area contributed by atoms with Gasteiger partial charge in [0.15, 0.2) is 5.78 Å². The Balaban J connectivity index is 2.45. The van der Waals surface area contributed by atoms with E-state index in [4.69, 9.17) is 0 Å². The second kappa shape index (κ2) is 2.97. The van der Waals surface area contributed by atoms with E-state index < -0.39 is 0 Å². The minimum atomic E-state index is 0.109. The lowest BCUT2D eigenvalue weighted by atomic mass is 9.91. The molecule has 0 saturated heterocycles. The van der Waals surface area contributed by atoms with Gasteiger partial charge in [0.1, 0.15) is 0 Å². The number of H-pyrrole nitrogens is 1. The van der Waals surface area contributed by atoms with Gasteiger partial charge in [-0.3, -0.25) is 4.79 Å². The maximum Gasteiger partial charge on any atom is 0.164 e. The van der Waals surface area contributed by atoms with E-state index in [2.05, 4.69) is 25.8 Å². The summed E-state index contributed by atoms with van der Waals surface area (Å²) in [7, 11) is 0. The van der Waals surface area contributed by atoms with Crippen LogP contribution in [0.15, 0.2) is 6.07 Å². The van der Waals surface area contributed by atoms with Crippen molar-refractivity contribution >= 4 is 5.78 Å². The van der Waals surface area contributed by atoms with Crippen molar-refractivity contribution in [1.29, 1.82) is 0 Å². The molecule has 0 spiro atoms. The largest absolute Gasteiger partial charge is 0.361 e. The molecule has 0 aromatic carbocycles. The molecule has 0 atom stereocenters. The van der Waals surface area contributed by atoms with Crippen LogP contribution in [0.5, 0.6) is 0 Å². The van der Waals surface area contributed by atoms with E-state index in [0.29, 0.717) is 12.2 Å². The van der Waals surface area contributed by atoms with Crippen LogP contribution in [0.25, 0.3) is 0 Å². The number of aryl methyl sites for hydroxylation is 1.